The number of allylic oxidation sites excluding steroid dienone is 2. The maximum atomic E-state index is 6.53. The molecule has 0 saturated carbocycles. The Balaban J connectivity index is 1.06. The van der Waals surface area contributed by atoms with Crippen molar-refractivity contribution in [3.63, 3.8) is 0 Å². The SMILES string of the molecule is CC1(C)c2ccccc2-c2cc3c(cc21)-c1cc(-c2ccc(-c4nc(-c5ccccc5)nc5c4OC4CC=CC=C54)cc2)ccc1C3(C)C. The van der Waals surface area contributed by atoms with E-state index in [9.17, 15) is 0 Å². The van der Waals surface area contributed by atoms with Crippen LogP contribution in [0, 0.1) is 0 Å². The van der Waals surface area contributed by atoms with Crippen LogP contribution in [-0.4, -0.2) is 16.1 Å². The average molecular weight is 633 g/mol. The molecule has 1 aromatic heterocycles. The van der Waals surface area contributed by atoms with E-state index in [1.807, 2.05) is 18.2 Å². The zero-order valence-corrected chi connectivity index (χ0v) is 28.2. The Morgan fingerprint density at radius 1 is 0.551 bits per heavy atom. The standard InChI is InChI=1S/C46H36N2O/c1-45(2)36-16-10-8-14-31(36)34-25-39-35(26-38(34)45)33-24-30(22-23-37(33)46(39,3)4)27-18-20-28(21-19-27)41-43-42(32-15-9-11-17-40(32)49-43)48-44(47-41)29-12-6-5-7-13-29/h5-16,18-26,40H,17H2,1-4H3. The van der Waals surface area contributed by atoms with E-state index in [2.05, 4.69) is 137 Å². The van der Waals surface area contributed by atoms with Crippen LogP contribution in [0.3, 0.4) is 0 Å². The third-order valence-electron chi connectivity index (χ3n) is 11.4. The number of hydrogen-bond donors (Lipinski definition) is 0. The van der Waals surface area contributed by atoms with E-state index < -0.39 is 0 Å². The van der Waals surface area contributed by atoms with Crippen molar-refractivity contribution < 1.29 is 4.74 Å². The van der Waals surface area contributed by atoms with E-state index >= 15 is 0 Å². The summed E-state index contributed by atoms with van der Waals surface area (Å²) in [5.74, 6) is 1.50. The minimum Gasteiger partial charge on any atom is -0.481 e. The van der Waals surface area contributed by atoms with Crippen molar-refractivity contribution in [2.75, 3.05) is 0 Å². The molecule has 3 heteroatoms. The van der Waals surface area contributed by atoms with Crippen molar-refractivity contribution in [2.24, 2.45) is 0 Å². The molecule has 10 rings (SSSR count). The number of hydrogen-bond acceptors (Lipinski definition) is 3. The predicted octanol–water partition coefficient (Wildman–Crippen LogP) is 11.2. The molecule has 236 valence electrons. The van der Waals surface area contributed by atoms with Gasteiger partial charge in [-0.15, -0.1) is 0 Å². The fraction of sp³-hybridized carbons (Fsp3) is 0.174. The van der Waals surface area contributed by atoms with Crippen LogP contribution in [-0.2, 0) is 10.8 Å². The second-order valence-electron chi connectivity index (χ2n) is 14.9. The van der Waals surface area contributed by atoms with Crippen LogP contribution in [0.5, 0.6) is 5.75 Å². The maximum absolute atomic E-state index is 6.53. The van der Waals surface area contributed by atoms with E-state index in [-0.39, 0.29) is 16.9 Å². The van der Waals surface area contributed by atoms with Crippen molar-refractivity contribution >= 4 is 5.57 Å². The smallest absolute Gasteiger partial charge is 0.172 e. The fourth-order valence-corrected chi connectivity index (χ4v) is 8.71. The van der Waals surface area contributed by atoms with Crippen molar-refractivity contribution in [3.8, 4) is 61.8 Å². The summed E-state index contributed by atoms with van der Waals surface area (Å²) in [4.78, 5) is 10.1. The maximum Gasteiger partial charge on any atom is 0.172 e. The van der Waals surface area contributed by atoms with Gasteiger partial charge in [0.15, 0.2) is 11.6 Å². The largest absolute Gasteiger partial charge is 0.481 e. The monoisotopic (exact) mass is 632 g/mol. The van der Waals surface area contributed by atoms with E-state index in [0.717, 1.165) is 46.1 Å². The summed E-state index contributed by atoms with van der Waals surface area (Å²) in [5, 5.41) is 0. The molecule has 0 N–H and O–H groups in total. The Morgan fingerprint density at radius 3 is 1.94 bits per heavy atom. The summed E-state index contributed by atoms with van der Waals surface area (Å²) in [6.45, 7) is 9.48. The zero-order valence-electron chi connectivity index (χ0n) is 28.2. The Bertz CT molecular complexity index is 2430. The molecule has 0 fully saturated rings. The van der Waals surface area contributed by atoms with Gasteiger partial charge < -0.3 is 4.74 Å². The minimum atomic E-state index is -0.0737. The molecule has 5 aromatic carbocycles. The Hall–Kier alpha value is -5.54. The second kappa shape index (κ2) is 9.99. The molecule has 1 unspecified atom stereocenters. The molecule has 49 heavy (non-hydrogen) atoms. The Labute approximate surface area is 287 Å². The average Bonchev–Trinajstić information content (AvgIpc) is 3.70. The molecule has 0 radical (unpaired) electrons. The highest BCUT2D eigenvalue weighted by Crippen LogP contribution is 2.56. The third-order valence-corrected chi connectivity index (χ3v) is 11.4. The lowest BCUT2D eigenvalue weighted by Gasteiger charge is -2.24. The molecule has 3 aliphatic carbocycles. The molecule has 3 nitrogen and oxygen atoms in total. The molecular formula is C46H36N2O. The van der Waals surface area contributed by atoms with Gasteiger partial charge in [0.2, 0.25) is 0 Å². The number of aromatic nitrogens is 2. The predicted molar refractivity (Wildman–Crippen MR) is 200 cm³/mol. The molecule has 0 saturated heterocycles. The van der Waals surface area contributed by atoms with Gasteiger partial charge in [-0.25, -0.2) is 9.97 Å². The summed E-state index contributed by atoms with van der Waals surface area (Å²) in [6, 6.07) is 40.0. The first-order valence-corrected chi connectivity index (χ1v) is 17.3. The topological polar surface area (TPSA) is 35.0 Å². The quantitative estimate of drug-likeness (QED) is 0.195. The first kappa shape index (κ1) is 28.5. The summed E-state index contributed by atoms with van der Waals surface area (Å²) in [5.41, 5.74) is 18.3. The lowest BCUT2D eigenvalue weighted by Crippen LogP contribution is -2.16. The van der Waals surface area contributed by atoms with E-state index in [1.54, 1.807) is 0 Å². The Kier molecular flexibility index (Phi) is 5.81. The van der Waals surface area contributed by atoms with E-state index in [0.29, 0.717) is 0 Å². The second-order valence-corrected chi connectivity index (χ2v) is 14.9. The molecule has 2 heterocycles. The molecule has 1 atom stereocenters. The van der Waals surface area contributed by atoms with E-state index in [1.165, 1.54) is 55.6 Å². The van der Waals surface area contributed by atoms with E-state index in [4.69, 9.17) is 14.7 Å². The van der Waals surface area contributed by atoms with Gasteiger partial charge in [0, 0.05) is 34.0 Å². The van der Waals surface area contributed by atoms with Gasteiger partial charge in [-0.2, -0.15) is 0 Å². The zero-order chi connectivity index (χ0) is 33.1. The highest BCUT2D eigenvalue weighted by molar-refractivity contribution is 5.91. The highest BCUT2D eigenvalue weighted by Gasteiger charge is 2.41. The number of nitrogens with zero attached hydrogens (tertiary/aromatic N) is 2. The fourth-order valence-electron chi connectivity index (χ4n) is 8.71. The van der Waals surface area contributed by atoms with Gasteiger partial charge in [-0.1, -0.05) is 137 Å². The van der Waals surface area contributed by atoms with Crippen LogP contribution in [0.2, 0.25) is 0 Å². The molecule has 6 aromatic rings. The van der Waals surface area contributed by atoms with Gasteiger partial charge in [-0.3, -0.25) is 0 Å². The molecule has 4 aliphatic rings. The number of fused-ring (bicyclic) bond motifs is 9. The highest BCUT2D eigenvalue weighted by atomic mass is 16.5. The summed E-state index contributed by atoms with van der Waals surface area (Å²) in [6.07, 6.45) is 7.22. The lowest BCUT2D eigenvalue weighted by atomic mass is 9.79. The molecule has 0 bridgehead atoms. The lowest BCUT2D eigenvalue weighted by molar-refractivity contribution is 0.279. The van der Waals surface area contributed by atoms with Gasteiger partial charge in [0.25, 0.3) is 0 Å². The summed E-state index contributed by atoms with van der Waals surface area (Å²) in [7, 11) is 0. The first-order valence-electron chi connectivity index (χ1n) is 17.3. The minimum absolute atomic E-state index is 0.0159. The van der Waals surface area contributed by atoms with Crippen molar-refractivity contribution in [1.82, 2.24) is 9.97 Å². The third kappa shape index (κ3) is 4.02. The summed E-state index contributed by atoms with van der Waals surface area (Å²) < 4.78 is 6.53. The first-order chi connectivity index (χ1) is 23.8. The molecule has 1 aliphatic heterocycles. The van der Waals surface area contributed by atoms with Crippen LogP contribution >= 0.6 is 0 Å². The van der Waals surface area contributed by atoms with Crippen LogP contribution in [0.25, 0.3) is 61.6 Å². The Morgan fingerprint density at radius 2 is 1.16 bits per heavy atom. The normalized spacial score (nSPS) is 18.0. The summed E-state index contributed by atoms with van der Waals surface area (Å²) >= 11 is 0. The van der Waals surface area contributed by atoms with Crippen LogP contribution in [0.4, 0.5) is 0 Å². The van der Waals surface area contributed by atoms with Crippen molar-refractivity contribution in [1.29, 1.82) is 0 Å². The number of ether oxygens (including phenoxy) is 1. The molecular weight excluding hydrogens is 597 g/mol. The molecule has 0 amide bonds. The molecule has 0 spiro atoms. The van der Waals surface area contributed by atoms with Gasteiger partial charge in [0.05, 0.1) is 0 Å². The number of benzene rings is 5. The van der Waals surface area contributed by atoms with Crippen LogP contribution in [0.1, 0.15) is 62.1 Å². The van der Waals surface area contributed by atoms with Crippen molar-refractivity contribution in [2.45, 2.75) is 51.0 Å². The van der Waals surface area contributed by atoms with Gasteiger partial charge >= 0.3 is 0 Å². The number of rotatable bonds is 3. The van der Waals surface area contributed by atoms with Crippen LogP contribution in [0.15, 0.2) is 127 Å². The van der Waals surface area contributed by atoms with Gasteiger partial charge in [-0.05, 0) is 73.8 Å². The van der Waals surface area contributed by atoms with Gasteiger partial charge in [0.1, 0.15) is 17.5 Å². The van der Waals surface area contributed by atoms with Crippen LogP contribution < -0.4 is 4.74 Å². The van der Waals surface area contributed by atoms with Crippen molar-refractivity contribution in [3.05, 3.63) is 155 Å².